The predicted octanol–water partition coefficient (Wildman–Crippen LogP) is 3.33. The van der Waals surface area contributed by atoms with Crippen LogP contribution in [-0.2, 0) is 9.63 Å². The Balaban J connectivity index is 2.02. The van der Waals surface area contributed by atoms with Gasteiger partial charge in [0.2, 0.25) is 6.10 Å². The van der Waals surface area contributed by atoms with Crippen molar-refractivity contribution in [3.05, 3.63) is 18.0 Å². The number of rotatable bonds is 7. The average Bonchev–Trinajstić information content (AvgIpc) is 3.01. The van der Waals surface area contributed by atoms with E-state index in [2.05, 4.69) is 23.4 Å². The Hall–Kier alpha value is -1.85. The quantitative estimate of drug-likeness (QED) is 0.568. The highest BCUT2D eigenvalue weighted by atomic mass is 16.6. The zero-order chi connectivity index (χ0) is 17.5. The Bertz CT molecular complexity index is 563. The number of hydrogen-bond donors (Lipinski definition) is 0. The van der Waals surface area contributed by atoms with Crippen LogP contribution in [0.15, 0.2) is 17.5 Å². The molecule has 1 saturated heterocycles. The van der Waals surface area contributed by atoms with Crippen LogP contribution in [0.3, 0.4) is 0 Å². The van der Waals surface area contributed by atoms with E-state index >= 15 is 0 Å². The molecule has 0 spiro atoms. The number of carbonyl (C=O) groups is 1. The van der Waals surface area contributed by atoms with Gasteiger partial charge in [-0.3, -0.25) is 9.48 Å². The number of carbonyl (C=O) groups excluding carboxylic acids is 1. The maximum atomic E-state index is 12.9. The molecule has 1 aromatic heterocycles. The highest BCUT2D eigenvalue weighted by molar-refractivity contribution is 5.81. The topological polar surface area (TPSA) is 59.7 Å². The van der Waals surface area contributed by atoms with Crippen LogP contribution in [0.1, 0.15) is 64.5 Å². The summed E-state index contributed by atoms with van der Waals surface area (Å²) in [6.45, 7) is 9.38. The van der Waals surface area contributed by atoms with Gasteiger partial charge in [-0.25, -0.2) is 0 Å². The molecule has 6 nitrogen and oxygen atoms in total. The summed E-state index contributed by atoms with van der Waals surface area (Å²) >= 11 is 0. The number of aryl methyl sites for hydroxylation is 1. The van der Waals surface area contributed by atoms with E-state index < -0.39 is 6.10 Å². The Morgan fingerprint density at radius 1 is 1.50 bits per heavy atom. The summed E-state index contributed by atoms with van der Waals surface area (Å²) < 4.78 is 1.99. The standard InChI is InChI=1S/C18H30N4O2/c1-5-6-9-17(24-20-14(2)3)18(23)21-10-7-8-16(13-21)22-12-15(4)11-19-22/h11-12,16-17H,5-10,13H2,1-4H3/t16-,17-/m0/s1. The Labute approximate surface area is 144 Å². The molecule has 0 radical (unpaired) electrons. The molecule has 24 heavy (non-hydrogen) atoms. The minimum atomic E-state index is -0.474. The second-order valence-corrected chi connectivity index (χ2v) is 6.85. The van der Waals surface area contributed by atoms with Crippen LogP contribution in [0.4, 0.5) is 0 Å². The number of hydrogen-bond acceptors (Lipinski definition) is 4. The fourth-order valence-corrected chi connectivity index (χ4v) is 2.99. The molecule has 1 fully saturated rings. The summed E-state index contributed by atoms with van der Waals surface area (Å²) in [6, 6.07) is 0.250. The Kier molecular flexibility index (Phi) is 6.82. The maximum Gasteiger partial charge on any atom is 0.266 e. The molecular weight excluding hydrogens is 304 g/mol. The fourth-order valence-electron chi connectivity index (χ4n) is 2.99. The fraction of sp³-hybridized carbons (Fsp3) is 0.722. The molecule has 0 saturated carbocycles. The van der Waals surface area contributed by atoms with E-state index in [1.54, 1.807) is 0 Å². The van der Waals surface area contributed by atoms with Gasteiger partial charge in [-0.1, -0.05) is 18.5 Å². The summed E-state index contributed by atoms with van der Waals surface area (Å²) in [5, 5.41) is 8.44. The van der Waals surface area contributed by atoms with E-state index in [9.17, 15) is 4.79 Å². The third-order valence-electron chi connectivity index (χ3n) is 4.27. The number of unbranched alkanes of at least 4 members (excludes halogenated alkanes) is 1. The number of amides is 1. The molecule has 2 atom stereocenters. The van der Waals surface area contributed by atoms with Crippen LogP contribution in [0.5, 0.6) is 0 Å². The predicted molar refractivity (Wildman–Crippen MR) is 95.0 cm³/mol. The van der Waals surface area contributed by atoms with Crippen molar-refractivity contribution in [3.63, 3.8) is 0 Å². The van der Waals surface area contributed by atoms with Gasteiger partial charge in [0.15, 0.2) is 0 Å². The van der Waals surface area contributed by atoms with Crippen molar-refractivity contribution in [1.29, 1.82) is 0 Å². The van der Waals surface area contributed by atoms with Crippen molar-refractivity contribution >= 4 is 11.6 Å². The van der Waals surface area contributed by atoms with Gasteiger partial charge >= 0.3 is 0 Å². The maximum absolute atomic E-state index is 12.9. The largest absolute Gasteiger partial charge is 0.382 e. The van der Waals surface area contributed by atoms with Gasteiger partial charge in [-0.15, -0.1) is 0 Å². The molecule has 0 aromatic carbocycles. The molecule has 2 rings (SSSR count). The van der Waals surface area contributed by atoms with E-state index in [1.807, 2.05) is 36.5 Å². The van der Waals surface area contributed by atoms with E-state index in [0.29, 0.717) is 13.0 Å². The number of nitrogens with zero attached hydrogens (tertiary/aromatic N) is 4. The first-order valence-electron chi connectivity index (χ1n) is 8.97. The summed E-state index contributed by atoms with van der Waals surface area (Å²) in [7, 11) is 0. The van der Waals surface area contributed by atoms with Gasteiger partial charge in [0.1, 0.15) is 0 Å². The van der Waals surface area contributed by atoms with Crippen LogP contribution in [0.25, 0.3) is 0 Å². The van der Waals surface area contributed by atoms with Gasteiger partial charge < -0.3 is 9.74 Å². The number of likely N-dealkylation sites (tertiary alicyclic amines) is 1. The monoisotopic (exact) mass is 334 g/mol. The number of oxime groups is 1. The molecule has 1 aliphatic heterocycles. The lowest BCUT2D eigenvalue weighted by Crippen LogP contribution is -2.46. The number of piperidine rings is 1. The minimum Gasteiger partial charge on any atom is -0.382 e. The molecule has 1 amide bonds. The molecule has 0 bridgehead atoms. The molecule has 134 valence electrons. The average molecular weight is 334 g/mol. The van der Waals surface area contributed by atoms with E-state index in [1.165, 1.54) is 0 Å². The molecule has 6 heteroatoms. The van der Waals surface area contributed by atoms with E-state index in [0.717, 1.165) is 43.5 Å². The van der Waals surface area contributed by atoms with Crippen molar-refractivity contribution in [2.24, 2.45) is 5.16 Å². The van der Waals surface area contributed by atoms with Crippen molar-refractivity contribution in [2.75, 3.05) is 13.1 Å². The summed E-state index contributed by atoms with van der Waals surface area (Å²) in [5.41, 5.74) is 1.98. The van der Waals surface area contributed by atoms with Gasteiger partial charge in [-0.05, 0) is 52.0 Å². The Morgan fingerprint density at radius 3 is 2.92 bits per heavy atom. The second kappa shape index (κ2) is 8.85. The third-order valence-corrected chi connectivity index (χ3v) is 4.27. The van der Waals surface area contributed by atoms with Gasteiger partial charge in [0.05, 0.1) is 18.0 Å². The molecule has 0 aliphatic carbocycles. The van der Waals surface area contributed by atoms with Crippen molar-refractivity contribution in [2.45, 2.75) is 71.9 Å². The summed E-state index contributed by atoms with van der Waals surface area (Å²) in [4.78, 5) is 20.4. The summed E-state index contributed by atoms with van der Waals surface area (Å²) in [5.74, 6) is 0.0574. The zero-order valence-electron chi connectivity index (χ0n) is 15.4. The normalized spacial score (nSPS) is 19.0. The lowest BCUT2D eigenvalue weighted by molar-refractivity contribution is -0.146. The lowest BCUT2D eigenvalue weighted by Gasteiger charge is -2.34. The highest BCUT2D eigenvalue weighted by Crippen LogP contribution is 2.23. The molecule has 0 N–H and O–H groups in total. The molecule has 1 aromatic rings. The first kappa shape index (κ1) is 18.5. The van der Waals surface area contributed by atoms with Crippen LogP contribution in [0, 0.1) is 6.92 Å². The van der Waals surface area contributed by atoms with E-state index in [4.69, 9.17) is 4.84 Å². The summed E-state index contributed by atoms with van der Waals surface area (Å²) in [6.07, 6.45) is 8.21. The SMILES string of the molecule is CCCC[C@H](ON=C(C)C)C(=O)N1CCC[C@H](n2cc(C)cn2)C1. The smallest absolute Gasteiger partial charge is 0.266 e. The number of aromatic nitrogens is 2. The van der Waals surface area contributed by atoms with Crippen molar-refractivity contribution in [1.82, 2.24) is 14.7 Å². The van der Waals surface area contributed by atoms with Crippen LogP contribution in [-0.4, -0.2) is 45.5 Å². The van der Waals surface area contributed by atoms with Crippen LogP contribution >= 0.6 is 0 Å². The molecular formula is C18H30N4O2. The molecule has 1 aliphatic rings. The first-order valence-corrected chi connectivity index (χ1v) is 8.97. The highest BCUT2D eigenvalue weighted by Gasteiger charge is 2.31. The van der Waals surface area contributed by atoms with E-state index in [-0.39, 0.29) is 11.9 Å². The third kappa shape index (κ3) is 5.08. The van der Waals surface area contributed by atoms with Gasteiger partial charge in [-0.2, -0.15) is 5.10 Å². The van der Waals surface area contributed by atoms with Crippen molar-refractivity contribution < 1.29 is 9.63 Å². The lowest BCUT2D eigenvalue weighted by atomic mass is 10.0. The second-order valence-electron chi connectivity index (χ2n) is 6.85. The first-order chi connectivity index (χ1) is 11.5. The van der Waals surface area contributed by atoms with Crippen molar-refractivity contribution in [3.8, 4) is 0 Å². The van der Waals surface area contributed by atoms with Gasteiger partial charge in [0.25, 0.3) is 5.91 Å². The Morgan fingerprint density at radius 2 is 2.29 bits per heavy atom. The molecule has 0 unspecified atom stereocenters. The van der Waals surface area contributed by atoms with Crippen LogP contribution in [0.2, 0.25) is 0 Å². The molecule has 2 heterocycles. The zero-order valence-corrected chi connectivity index (χ0v) is 15.4. The van der Waals surface area contributed by atoms with Crippen LogP contribution < -0.4 is 0 Å². The minimum absolute atomic E-state index is 0.0574. The van der Waals surface area contributed by atoms with Gasteiger partial charge in [0, 0.05) is 19.3 Å².